The van der Waals surface area contributed by atoms with E-state index < -0.39 is 23.2 Å². The molecule has 0 saturated carbocycles. The molecule has 0 fully saturated rings. The maximum absolute atomic E-state index is 14.0. The quantitative estimate of drug-likeness (QED) is 0.358. The molecule has 1 aromatic heterocycles. The van der Waals surface area contributed by atoms with Crippen LogP contribution in [0.1, 0.15) is 60.0 Å². The molecule has 1 amide bonds. The number of rotatable bonds is 5. The van der Waals surface area contributed by atoms with E-state index in [1.54, 1.807) is 29.2 Å². The summed E-state index contributed by atoms with van der Waals surface area (Å²) in [5.74, 6) is 0.0519. The highest BCUT2D eigenvalue weighted by molar-refractivity contribution is 6.10. The molecule has 6 heteroatoms. The zero-order valence-corrected chi connectivity index (χ0v) is 19.2. The Bertz CT molecular complexity index is 1440. The summed E-state index contributed by atoms with van der Waals surface area (Å²) in [4.78, 5) is 28.7. The van der Waals surface area contributed by atoms with Gasteiger partial charge in [0.1, 0.15) is 17.1 Å². The molecule has 0 saturated heterocycles. The first-order valence-electron chi connectivity index (χ1n) is 11.3. The molecule has 3 aromatic carbocycles. The normalized spacial score (nSPS) is 15.3. The molecule has 5 nitrogen and oxygen atoms in total. The lowest BCUT2D eigenvalue weighted by Crippen LogP contribution is -2.29. The number of halogens is 1. The summed E-state index contributed by atoms with van der Waals surface area (Å²) < 4.78 is 25.4. The highest BCUT2D eigenvalue weighted by Gasteiger charge is 2.43. The maximum Gasteiger partial charge on any atom is 0.295 e. The van der Waals surface area contributed by atoms with Crippen molar-refractivity contribution in [3.8, 4) is 5.75 Å². The first-order valence-corrected chi connectivity index (χ1v) is 11.3. The fraction of sp³-hybridized carbons (Fsp3) is 0.214. The molecule has 172 valence electrons. The molecule has 1 unspecified atom stereocenters. The Labute approximate surface area is 196 Å². The number of amides is 1. The fourth-order valence-electron chi connectivity index (χ4n) is 4.46. The molecule has 4 aromatic rings. The Balaban J connectivity index is 1.72. The van der Waals surface area contributed by atoms with Crippen LogP contribution in [0.15, 0.2) is 75.9 Å². The highest BCUT2D eigenvalue weighted by Crippen LogP contribution is 2.41. The van der Waals surface area contributed by atoms with Gasteiger partial charge in [0.2, 0.25) is 5.76 Å². The Morgan fingerprint density at radius 3 is 2.35 bits per heavy atom. The van der Waals surface area contributed by atoms with E-state index in [1.165, 1.54) is 12.1 Å². The molecule has 5 rings (SSSR count). The standard InChI is InChI=1S/C28H24FNO4/c1-4-33-21-12-10-20(11-13-21)30-25(18-7-5-17(6-8-18)16(2)3)24-26(31)22-15-19(29)9-14-23(22)34-27(24)28(30)32/h5-16,25H,4H2,1-3H3. The Kier molecular flexibility index (Phi) is 5.44. The molecule has 1 atom stereocenters. The number of carbonyl (C=O) groups excluding carboxylic acids is 1. The Morgan fingerprint density at radius 2 is 1.71 bits per heavy atom. The molecular formula is C28H24FNO4. The molecule has 0 bridgehead atoms. The molecule has 1 aliphatic rings. The van der Waals surface area contributed by atoms with E-state index in [2.05, 4.69) is 13.8 Å². The fourth-order valence-corrected chi connectivity index (χ4v) is 4.46. The second-order valence-electron chi connectivity index (χ2n) is 8.64. The van der Waals surface area contributed by atoms with E-state index >= 15 is 0 Å². The average molecular weight is 458 g/mol. The Hall–Kier alpha value is -3.93. The molecule has 0 N–H and O–H groups in total. The van der Waals surface area contributed by atoms with E-state index in [0.29, 0.717) is 24.0 Å². The second kappa shape index (κ2) is 8.45. The predicted molar refractivity (Wildman–Crippen MR) is 129 cm³/mol. The van der Waals surface area contributed by atoms with E-state index in [4.69, 9.17) is 9.15 Å². The lowest BCUT2D eigenvalue weighted by molar-refractivity contribution is 0.0971. The van der Waals surface area contributed by atoms with Gasteiger partial charge in [0.05, 0.1) is 23.6 Å². The van der Waals surface area contributed by atoms with Crippen molar-refractivity contribution in [1.82, 2.24) is 0 Å². The van der Waals surface area contributed by atoms with Crippen molar-refractivity contribution >= 4 is 22.6 Å². The lowest BCUT2D eigenvalue weighted by atomic mass is 9.95. The average Bonchev–Trinajstić information content (AvgIpc) is 3.13. The van der Waals surface area contributed by atoms with Gasteiger partial charge in [-0.25, -0.2) is 4.39 Å². The number of nitrogens with zero attached hydrogens (tertiary/aromatic N) is 1. The summed E-state index contributed by atoms with van der Waals surface area (Å²) in [6, 6.07) is 18.1. The highest BCUT2D eigenvalue weighted by atomic mass is 19.1. The Morgan fingerprint density at radius 1 is 1.00 bits per heavy atom. The lowest BCUT2D eigenvalue weighted by Gasteiger charge is -2.25. The number of carbonyl (C=O) groups is 1. The van der Waals surface area contributed by atoms with Crippen molar-refractivity contribution in [2.24, 2.45) is 0 Å². The van der Waals surface area contributed by atoms with Crippen LogP contribution in [-0.2, 0) is 0 Å². The van der Waals surface area contributed by atoms with Gasteiger partial charge in [-0.3, -0.25) is 14.5 Å². The minimum Gasteiger partial charge on any atom is -0.494 e. The summed E-state index contributed by atoms with van der Waals surface area (Å²) >= 11 is 0. The minimum absolute atomic E-state index is 0.0177. The van der Waals surface area contributed by atoms with Crippen LogP contribution >= 0.6 is 0 Å². The van der Waals surface area contributed by atoms with E-state index in [1.807, 2.05) is 31.2 Å². The van der Waals surface area contributed by atoms with Crippen LogP contribution in [0.2, 0.25) is 0 Å². The number of hydrogen-bond donors (Lipinski definition) is 0. The van der Waals surface area contributed by atoms with Crippen molar-refractivity contribution in [3.05, 3.63) is 105 Å². The number of benzene rings is 3. The zero-order valence-electron chi connectivity index (χ0n) is 19.2. The SMILES string of the molecule is CCOc1ccc(N2C(=O)c3oc4ccc(F)cc4c(=O)c3C2c2ccc(C(C)C)cc2)cc1. The number of ether oxygens (including phenoxy) is 1. The van der Waals surface area contributed by atoms with Crippen LogP contribution in [-0.4, -0.2) is 12.5 Å². The van der Waals surface area contributed by atoms with Crippen molar-refractivity contribution in [3.63, 3.8) is 0 Å². The number of anilines is 1. The summed E-state index contributed by atoms with van der Waals surface area (Å²) in [6.07, 6.45) is 0. The van der Waals surface area contributed by atoms with Gasteiger partial charge >= 0.3 is 0 Å². The van der Waals surface area contributed by atoms with E-state index in [-0.39, 0.29) is 22.3 Å². The number of hydrogen-bond acceptors (Lipinski definition) is 4. The summed E-state index contributed by atoms with van der Waals surface area (Å²) in [7, 11) is 0. The van der Waals surface area contributed by atoms with Gasteiger partial charge in [-0.05, 0) is 66.4 Å². The first-order chi connectivity index (χ1) is 16.4. The predicted octanol–water partition coefficient (Wildman–Crippen LogP) is 6.20. The van der Waals surface area contributed by atoms with Crippen molar-refractivity contribution in [2.75, 3.05) is 11.5 Å². The largest absolute Gasteiger partial charge is 0.494 e. The smallest absolute Gasteiger partial charge is 0.295 e. The summed E-state index contributed by atoms with van der Waals surface area (Å²) in [6.45, 7) is 6.63. The van der Waals surface area contributed by atoms with Gasteiger partial charge in [-0.1, -0.05) is 38.1 Å². The molecule has 0 spiro atoms. The van der Waals surface area contributed by atoms with Gasteiger partial charge in [0.15, 0.2) is 5.43 Å². The first kappa shape index (κ1) is 21.9. The van der Waals surface area contributed by atoms with Gasteiger partial charge in [0.25, 0.3) is 5.91 Å². The third kappa shape index (κ3) is 3.55. The van der Waals surface area contributed by atoms with Crippen LogP contribution in [0.5, 0.6) is 5.75 Å². The van der Waals surface area contributed by atoms with Gasteiger partial charge in [-0.2, -0.15) is 0 Å². The van der Waals surface area contributed by atoms with Crippen LogP contribution in [0.25, 0.3) is 11.0 Å². The summed E-state index contributed by atoms with van der Waals surface area (Å²) in [5, 5.41) is 0.115. The zero-order chi connectivity index (χ0) is 24.0. The third-order valence-corrected chi connectivity index (χ3v) is 6.18. The van der Waals surface area contributed by atoms with Gasteiger partial charge in [0, 0.05) is 5.69 Å². The van der Waals surface area contributed by atoms with Gasteiger partial charge in [-0.15, -0.1) is 0 Å². The van der Waals surface area contributed by atoms with E-state index in [0.717, 1.165) is 17.2 Å². The molecule has 34 heavy (non-hydrogen) atoms. The summed E-state index contributed by atoms with van der Waals surface area (Å²) in [5.41, 5.74) is 2.51. The topological polar surface area (TPSA) is 59.8 Å². The van der Waals surface area contributed by atoms with Crippen LogP contribution in [0.3, 0.4) is 0 Å². The van der Waals surface area contributed by atoms with Crippen molar-refractivity contribution in [2.45, 2.75) is 32.7 Å². The van der Waals surface area contributed by atoms with Crippen LogP contribution in [0.4, 0.5) is 10.1 Å². The monoisotopic (exact) mass is 457 g/mol. The molecule has 2 heterocycles. The molecular weight excluding hydrogens is 433 g/mol. The molecule has 0 aliphatic carbocycles. The third-order valence-electron chi connectivity index (χ3n) is 6.18. The van der Waals surface area contributed by atoms with Gasteiger partial charge < -0.3 is 9.15 Å². The van der Waals surface area contributed by atoms with Crippen LogP contribution in [0, 0.1) is 5.82 Å². The van der Waals surface area contributed by atoms with E-state index in [9.17, 15) is 14.0 Å². The van der Waals surface area contributed by atoms with Crippen molar-refractivity contribution < 1.29 is 18.3 Å². The van der Waals surface area contributed by atoms with Crippen LogP contribution < -0.4 is 15.1 Å². The number of fused-ring (bicyclic) bond motifs is 2. The maximum atomic E-state index is 14.0. The molecule has 1 aliphatic heterocycles. The second-order valence-corrected chi connectivity index (χ2v) is 8.64. The molecule has 0 radical (unpaired) electrons. The minimum atomic E-state index is -0.703. The van der Waals surface area contributed by atoms with Crippen molar-refractivity contribution in [1.29, 1.82) is 0 Å².